The zero-order valence-electron chi connectivity index (χ0n) is 26.3. The molecule has 0 spiro atoms. The van der Waals surface area contributed by atoms with Crippen molar-refractivity contribution < 1.29 is 23.9 Å². The van der Waals surface area contributed by atoms with Crippen LogP contribution in [-0.2, 0) is 20.7 Å². The standard InChI is InChI=1S/C34H49N3O5/c1-22(2)37-31(38)28-16-17-29(23(3)18-28)27-14-12-24(13-15-27)19-30(32(39)41-7)35-20-25-8-10-26(11-9-25)21-36-33(40)42-34(4,5)6/h12-18,22,25-26,30,35H,8-11,19-21H2,1-7H3,(H,36,40)(H,37,38). The highest BCUT2D eigenvalue weighted by molar-refractivity contribution is 5.95. The highest BCUT2D eigenvalue weighted by Crippen LogP contribution is 2.29. The van der Waals surface area contributed by atoms with Crippen molar-refractivity contribution in [3.8, 4) is 11.1 Å². The Morgan fingerprint density at radius 2 is 1.55 bits per heavy atom. The normalized spacial score (nSPS) is 17.8. The lowest BCUT2D eigenvalue weighted by molar-refractivity contribution is -0.143. The average Bonchev–Trinajstić information content (AvgIpc) is 2.93. The highest BCUT2D eigenvalue weighted by Gasteiger charge is 2.25. The van der Waals surface area contributed by atoms with E-state index < -0.39 is 11.6 Å². The predicted molar refractivity (Wildman–Crippen MR) is 166 cm³/mol. The molecule has 0 radical (unpaired) electrons. The Morgan fingerprint density at radius 1 is 0.929 bits per heavy atom. The molecule has 2 aromatic rings. The Labute approximate surface area is 251 Å². The monoisotopic (exact) mass is 579 g/mol. The van der Waals surface area contributed by atoms with E-state index in [4.69, 9.17) is 9.47 Å². The topological polar surface area (TPSA) is 106 Å². The summed E-state index contributed by atoms with van der Waals surface area (Å²) in [4.78, 5) is 36.9. The molecule has 3 N–H and O–H groups in total. The number of ether oxygens (including phenoxy) is 2. The number of carbonyl (C=O) groups is 3. The molecular weight excluding hydrogens is 530 g/mol. The molecule has 2 amide bonds. The molecule has 0 heterocycles. The first-order valence-corrected chi connectivity index (χ1v) is 15.1. The number of benzene rings is 2. The van der Waals surface area contributed by atoms with Crippen molar-refractivity contribution >= 4 is 18.0 Å². The molecule has 1 aliphatic carbocycles. The molecule has 8 nitrogen and oxygen atoms in total. The molecule has 2 aromatic carbocycles. The molecular formula is C34H49N3O5. The van der Waals surface area contributed by atoms with Gasteiger partial charge in [-0.1, -0.05) is 30.3 Å². The minimum absolute atomic E-state index is 0.0698. The second kappa shape index (κ2) is 15.2. The quantitative estimate of drug-likeness (QED) is 0.291. The summed E-state index contributed by atoms with van der Waals surface area (Å²) >= 11 is 0. The first-order chi connectivity index (χ1) is 19.8. The van der Waals surface area contributed by atoms with E-state index in [0.717, 1.165) is 54.5 Å². The molecule has 3 rings (SSSR count). The lowest BCUT2D eigenvalue weighted by atomic mass is 9.82. The van der Waals surface area contributed by atoms with Crippen molar-refractivity contribution in [3.05, 3.63) is 59.2 Å². The van der Waals surface area contributed by atoms with Gasteiger partial charge in [-0.15, -0.1) is 0 Å². The third-order valence-corrected chi connectivity index (χ3v) is 7.65. The number of methoxy groups -OCH3 is 1. The first kappa shape index (κ1) is 33.1. The van der Waals surface area contributed by atoms with Crippen LogP contribution in [0.15, 0.2) is 42.5 Å². The third-order valence-electron chi connectivity index (χ3n) is 7.65. The first-order valence-electron chi connectivity index (χ1n) is 15.1. The van der Waals surface area contributed by atoms with E-state index in [1.54, 1.807) is 0 Å². The summed E-state index contributed by atoms with van der Waals surface area (Å²) in [5.74, 6) is 0.589. The van der Waals surface area contributed by atoms with Gasteiger partial charge in [-0.25, -0.2) is 4.79 Å². The summed E-state index contributed by atoms with van der Waals surface area (Å²) in [6.07, 6.45) is 4.35. The van der Waals surface area contributed by atoms with Crippen LogP contribution in [0.3, 0.4) is 0 Å². The molecule has 1 unspecified atom stereocenters. The van der Waals surface area contributed by atoms with Crippen LogP contribution in [0, 0.1) is 18.8 Å². The Morgan fingerprint density at radius 3 is 2.10 bits per heavy atom. The summed E-state index contributed by atoms with van der Waals surface area (Å²) in [5.41, 5.74) is 4.37. The summed E-state index contributed by atoms with van der Waals surface area (Å²) in [6, 6.07) is 13.7. The summed E-state index contributed by atoms with van der Waals surface area (Å²) < 4.78 is 10.4. The maximum absolute atomic E-state index is 12.6. The molecule has 1 fully saturated rings. The number of aryl methyl sites for hydroxylation is 1. The van der Waals surface area contributed by atoms with Crippen LogP contribution in [0.1, 0.15) is 81.8 Å². The number of hydrogen-bond acceptors (Lipinski definition) is 6. The molecule has 1 atom stereocenters. The van der Waals surface area contributed by atoms with Gasteiger partial charge in [-0.05, 0) is 126 Å². The van der Waals surface area contributed by atoms with Crippen LogP contribution in [0.2, 0.25) is 0 Å². The minimum Gasteiger partial charge on any atom is -0.468 e. The lowest BCUT2D eigenvalue weighted by Crippen LogP contribution is -2.42. The zero-order valence-corrected chi connectivity index (χ0v) is 26.3. The van der Waals surface area contributed by atoms with Gasteiger partial charge in [0.2, 0.25) is 0 Å². The number of alkyl carbamates (subject to hydrolysis) is 1. The van der Waals surface area contributed by atoms with E-state index in [1.165, 1.54) is 7.11 Å². The maximum atomic E-state index is 12.6. The largest absolute Gasteiger partial charge is 0.468 e. The second-order valence-corrected chi connectivity index (χ2v) is 12.8. The second-order valence-electron chi connectivity index (χ2n) is 12.8. The molecule has 8 heteroatoms. The van der Waals surface area contributed by atoms with Gasteiger partial charge in [0, 0.05) is 18.2 Å². The third kappa shape index (κ3) is 10.5. The van der Waals surface area contributed by atoms with Gasteiger partial charge in [0.1, 0.15) is 11.6 Å². The Balaban J connectivity index is 1.51. The average molecular weight is 580 g/mol. The van der Waals surface area contributed by atoms with Crippen molar-refractivity contribution in [2.75, 3.05) is 20.2 Å². The minimum atomic E-state index is -0.495. The maximum Gasteiger partial charge on any atom is 0.407 e. The van der Waals surface area contributed by atoms with E-state index in [0.29, 0.717) is 30.4 Å². The van der Waals surface area contributed by atoms with Crippen molar-refractivity contribution in [2.24, 2.45) is 11.8 Å². The lowest BCUT2D eigenvalue weighted by Gasteiger charge is -2.30. The fourth-order valence-electron chi connectivity index (χ4n) is 5.40. The Bertz CT molecular complexity index is 1190. The molecule has 0 aliphatic heterocycles. The van der Waals surface area contributed by atoms with Crippen LogP contribution < -0.4 is 16.0 Å². The molecule has 42 heavy (non-hydrogen) atoms. The number of nitrogens with one attached hydrogen (secondary N) is 3. The molecule has 0 aromatic heterocycles. The van der Waals surface area contributed by atoms with E-state index in [9.17, 15) is 14.4 Å². The Kier molecular flexibility index (Phi) is 12.0. The van der Waals surface area contributed by atoms with Crippen LogP contribution in [-0.4, -0.2) is 55.9 Å². The summed E-state index contributed by atoms with van der Waals surface area (Å²) in [5, 5.41) is 9.30. The Hall–Kier alpha value is -3.39. The predicted octanol–water partition coefficient (Wildman–Crippen LogP) is 5.81. The van der Waals surface area contributed by atoms with Crippen molar-refractivity contribution in [1.82, 2.24) is 16.0 Å². The van der Waals surface area contributed by atoms with Crippen molar-refractivity contribution in [1.29, 1.82) is 0 Å². The van der Waals surface area contributed by atoms with Crippen LogP contribution in [0.25, 0.3) is 11.1 Å². The van der Waals surface area contributed by atoms with Crippen LogP contribution >= 0.6 is 0 Å². The zero-order chi connectivity index (χ0) is 30.9. The number of hydrogen-bond donors (Lipinski definition) is 3. The fourth-order valence-corrected chi connectivity index (χ4v) is 5.40. The van der Waals surface area contributed by atoms with Gasteiger partial charge in [-0.2, -0.15) is 0 Å². The van der Waals surface area contributed by atoms with E-state index in [1.807, 2.05) is 59.7 Å². The number of rotatable bonds is 11. The number of amides is 2. The molecule has 0 bridgehead atoms. The van der Waals surface area contributed by atoms with Gasteiger partial charge < -0.3 is 25.4 Å². The van der Waals surface area contributed by atoms with Crippen molar-refractivity contribution in [2.45, 2.75) is 91.3 Å². The van der Waals surface area contributed by atoms with Crippen molar-refractivity contribution in [3.63, 3.8) is 0 Å². The highest BCUT2D eigenvalue weighted by atomic mass is 16.6. The van der Waals surface area contributed by atoms with Crippen LogP contribution in [0.5, 0.6) is 0 Å². The smallest absolute Gasteiger partial charge is 0.407 e. The number of carbonyl (C=O) groups excluding carboxylic acids is 3. The van der Waals surface area contributed by atoms with E-state index in [-0.39, 0.29) is 24.0 Å². The van der Waals surface area contributed by atoms with Gasteiger partial charge in [0.15, 0.2) is 0 Å². The molecule has 0 saturated heterocycles. The van der Waals surface area contributed by atoms with Gasteiger partial charge in [-0.3, -0.25) is 9.59 Å². The van der Waals surface area contributed by atoms with Crippen LogP contribution in [0.4, 0.5) is 4.79 Å². The number of esters is 1. The molecule has 230 valence electrons. The van der Waals surface area contributed by atoms with E-state index in [2.05, 4.69) is 40.2 Å². The SMILES string of the molecule is COC(=O)C(Cc1ccc(-c2ccc(C(=O)NC(C)C)cc2C)cc1)NCC1CCC(CNC(=O)OC(C)(C)C)CC1. The molecule has 1 saturated carbocycles. The molecule has 1 aliphatic rings. The van der Waals surface area contributed by atoms with Gasteiger partial charge in [0.25, 0.3) is 5.91 Å². The fraction of sp³-hybridized carbons (Fsp3) is 0.559. The van der Waals surface area contributed by atoms with Gasteiger partial charge >= 0.3 is 12.1 Å². The summed E-state index contributed by atoms with van der Waals surface area (Å²) in [7, 11) is 1.43. The van der Waals surface area contributed by atoms with Gasteiger partial charge in [0.05, 0.1) is 7.11 Å². The van der Waals surface area contributed by atoms with E-state index >= 15 is 0 Å². The summed E-state index contributed by atoms with van der Waals surface area (Å²) in [6.45, 7) is 12.9.